The number of amides is 2. The van der Waals surface area contributed by atoms with Crippen LogP contribution in [0.1, 0.15) is 5.56 Å². The maximum atomic E-state index is 13.8. The molecular formula is C22H15F4N3O2. The van der Waals surface area contributed by atoms with Crippen molar-refractivity contribution in [2.24, 2.45) is 0 Å². The van der Waals surface area contributed by atoms with Gasteiger partial charge in [0.25, 0.3) is 0 Å². The van der Waals surface area contributed by atoms with E-state index in [0.29, 0.717) is 35.4 Å². The van der Waals surface area contributed by atoms with Crippen LogP contribution in [0.25, 0.3) is 10.9 Å². The van der Waals surface area contributed by atoms with Crippen LogP contribution in [0.2, 0.25) is 0 Å². The van der Waals surface area contributed by atoms with Crippen LogP contribution in [0.3, 0.4) is 0 Å². The smallest absolute Gasteiger partial charge is 0.416 e. The Labute approximate surface area is 173 Å². The second-order valence-corrected chi connectivity index (χ2v) is 6.62. The molecule has 0 saturated heterocycles. The molecule has 3 N–H and O–H groups in total. The predicted octanol–water partition coefficient (Wildman–Crippen LogP) is 6.76. The SMILES string of the molecule is O=C(Nc1ccc(Oc2ccc3cc[nH]c3c2)cc1)Nc1cc(C(F)(F)F)ccc1F. The Kier molecular flexibility index (Phi) is 5.24. The van der Waals surface area contributed by atoms with Gasteiger partial charge in [-0.25, -0.2) is 9.18 Å². The number of hydrogen-bond donors (Lipinski definition) is 3. The first-order valence-corrected chi connectivity index (χ1v) is 9.08. The summed E-state index contributed by atoms with van der Waals surface area (Å²) in [5, 5.41) is 5.56. The number of H-pyrrole nitrogens is 1. The summed E-state index contributed by atoms with van der Waals surface area (Å²) in [6, 6.07) is 14.7. The van der Waals surface area contributed by atoms with Crippen LogP contribution < -0.4 is 15.4 Å². The number of fused-ring (bicyclic) bond motifs is 1. The first kappa shape index (κ1) is 20.3. The number of carbonyl (C=O) groups excluding carboxylic acids is 1. The van der Waals surface area contributed by atoms with Crippen LogP contribution in [-0.4, -0.2) is 11.0 Å². The molecule has 3 aromatic carbocycles. The Hall–Kier alpha value is -4.01. The minimum absolute atomic E-state index is 0.344. The van der Waals surface area contributed by atoms with Crippen molar-refractivity contribution in [3.8, 4) is 11.5 Å². The molecule has 158 valence electrons. The number of anilines is 2. The number of nitrogens with one attached hydrogen (secondary N) is 3. The van der Waals surface area contributed by atoms with Gasteiger partial charge in [0, 0.05) is 23.5 Å². The number of halogens is 4. The zero-order chi connectivity index (χ0) is 22.0. The highest BCUT2D eigenvalue weighted by Gasteiger charge is 2.31. The van der Waals surface area contributed by atoms with Gasteiger partial charge in [-0.2, -0.15) is 13.2 Å². The van der Waals surface area contributed by atoms with E-state index >= 15 is 0 Å². The molecule has 4 rings (SSSR count). The highest BCUT2D eigenvalue weighted by Crippen LogP contribution is 2.32. The van der Waals surface area contributed by atoms with Crippen molar-refractivity contribution in [1.29, 1.82) is 0 Å². The van der Waals surface area contributed by atoms with Gasteiger partial charge in [-0.15, -0.1) is 0 Å². The van der Waals surface area contributed by atoms with E-state index in [0.717, 1.165) is 10.9 Å². The molecule has 4 aromatic rings. The lowest BCUT2D eigenvalue weighted by Gasteiger charge is -2.12. The van der Waals surface area contributed by atoms with Crippen LogP contribution in [-0.2, 0) is 6.18 Å². The average Bonchev–Trinajstić information content (AvgIpc) is 3.18. The van der Waals surface area contributed by atoms with Crippen molar-refractivity contribution in [2.45, 2.75) is 6.18 Å². The number of aromatic nitrogens is 1. The van der Waals surface area contributed by atoms with Crippen molar-refractivity contribution in [1.82, 2.24) is 4.98 Å². The van der Waals surface area contributed by atoms with Gasteiger partial charge in [-0.3, -0.25) is 0 Å². The maximum absolute atomic E-state index is 13.8. The molecule has 31 heavy (non-hydrogen) atoms. The van der Waals surface area contributed by atoms with Crippen molar-refractivity contribution in [2.75, 3.05) is 10.6 Å². The predicted molar refractivity (Wildman–Crippen MR) is 109 cm³/mol. The van der Waals surface area contributed by atoms with E-state index in [4.69, 9.17) is 4.74 Å². The lowest BCUT2D eigenvalue weighted by Crippen LogP contribution is -2.20. The van der Waals surface area contributed by atoms with Gasteiger partial charge in [0.1, 0.15) is 17.3 Å². The zero-order valence-corrected chi connectivity index (χ0v) is 15.8. The number of carbonyl (C=O) groups is 1. The van der Waals surface area contributed by atoms with E-state index in [2.05, 4.69) is 15.6 Å². The molecule has 0 unspecified atom stereocenters. The molecule has 2 amide bonds. The highest BCUT2D eigenvalue weighted by molar-refractivity contribution is 5.99. The van der Waals surface area contributed by atoms with Gasteiger partial charge in [-0.1, -0.05) is 0 Å². The van der Waals surface area contributed by atoms with Gasteiger partial charge in [0.2, 0.25) is 0 Å². The number of benzene rings is 3. The summed E-state index contributed by atoms with van der Waals surface area (Å²) in [7, 11) is 0. The van der Waals surface area contributed by atoms with Crippen molar-refractivity contribution < 1.29 is 27.1 Å². The lowest BCUT2D eigenvalue weighted by atomic mass is 10.2. The maximum Gasteiger partial charge on any atom is 0.416 e. The molecular weight excluding hydrogens is 414 g/mol. The van der Waals surface area contributed by atoms with E-state index in [1.54, 1.807) is 24.3 Å². The van der Waals surface area contributed by atoms with E-state index in [-0.39, 0.29) is 0 Å². The molecule has 0 aliphatic carbocycles. The summed E-state index contributed by atoms with van der Waals surface area (Å²) in [5.74, 6) is 0.153. The fraction of sp³-hybridized carbons (Fsp3) is 0.0455. The van der Waals surface area contributed by atoms with Gasteiger partial charge < -0.3 is 20.4 Å². The van der Waals surface area contributed by atoms with Crippen LogP contribution in [0.15, 0.2) is 72.9 Å². The quantitative estimate of drug-likeness (QED) is 0.314. The first-order chi connectivity index (χ1) is 14.8. The second kappa shape index (κ2) is 8.02. The van der Waals surface area contributed by atoms with Gasteiger partial charge in [0.15, 0.2) is 0 Å². The van der Waals surface area contributed by atoms with Crippen LogP contribution >= 0.6 is 0 Å². The Morgan fingerprint density at radius 2 is 1.61 bits per heavy atom. The lowest BCUT2D eigenvalue weighted by molar-refractivity contribution is -0.137. The molecule has 0 aliphatic rings. The number of hydrogen-bond acceptors (Lipinski definition) is 2. The second-order valence-electron chi connectivity index (χ2n) is 6.62. The summed E-state index contributed by atoms with van der Waals surface area (Å²) < 4.78 is 57.9. The van der Waals surface area contributed by atoms with E-state index in [1.165, 1.54) is 0 Å². The molecule has 0 radical (unpaired) electrons. The fourth-order valence-corrected chi connectivity index (χ4v) is 2.91. The molecule has 1 aromatic heterocycles. The highest BCUT2D eigenvalue weighted by atomic mass is 19.4. The molecule has 0 atom stereocenters. The molecule has 5 nitrogen and oxygen atoms in total. The third-order valence-electron chi connectivity index (χ3n) is 4.42. The van der Waals surface area contributed by atoms with E-state index < -0.39 is 29.3 Å². The van der Waals surface area contributed by atoms with Gasteiger partial charge in [0.05, 0.1) is 11.3 Å². The standard InChI is InChI=1S/C22H15F4N3O2/c23-18-8-2-14(22(24,25)26)11-20(18)29-21(30)28-15-3-6-16(7-4-15)31-17-5-1-13-9-10-27-19(13)12-17/h1-12,27H,(H2,28,29,30). The van der Waals surface area contributed by atoms with Crippen LogP contribution in [0.5, 0.6) is 11.5 Å². The monoisotopic (exact) mass is 429 g/mol. The summed E-state index contributed by atoms with van der Waals surface area (Å²) in [6.07, 6.45) is -2.83. The van der Waals surface area contributed by atoms with Gasteiger partial charge in [-0.05, 0) is 66.0 Å². The average molecular weight is 429 g/mol. The van der Waals surface area contributed by atoms with E-state index in [1.807, 2.05) is 30.5 Å². The molecule has 0 fully saturated rings. The topological polar surface area (TPSA) is 66.1 Å². The Balaban J connectivity index is 1.40. The molecule has 1 heterocycles. The molecule has 0 saturated carbocycles. The Morgan fingerprint density at radius 1 is 0.871 bits per heavy atom. The Bertz CT molecular complexity index is 1230. The minimum Gasteiger partial charge on any atom is -0.457 e. The third kappa shape index (κ3) is 4.77. The summed E-state index contributed by atoms with van der Waals surface area (Å²) in [5.41, 5.74) is -0.374. The third-order valence-corrected chi connectivity index (χ3v) is 4.42. The molecule has 0 aliphatic heterocycles. The minimum atomic E-state index is -4.65. The van der Waals surface area contributed by atoms with Gasteiger partial charge >= 0.3 is 12.2 Å². The van der Waals surface area contributed by atoms with Crippen LogP contribution in [0.4, 0.5) is 33.7 Å². The number of urea groups is 1. The van der Waals surface area contributed by atoms with Crippen molar-refractivity contribution >= 4 is 28.3 Å². The molecule has 0 spiro atoms. The molecule has 0 bridgehead atoms. The summed E-state index contributed by atoms with van der Waals surface area (Å²) >= 11 is 0. The first-order valence-electron chi connectivity index (χ1n) is 9.08. The number of rotatable bonds is 4. The van der Waals surface area contributed by atoms with E-state index in [9.17, 15) is 22.4 Å². The Morgan fingerprint density at radius 3 is 2.35 bits per heavy atom. The van der Waals surface area contributed by atoms with Crippen molar-refractivity contribution in [3.63, 3.8) is 0 Å². The normalized spacial score (nSPS) is 11.4. The zero-order valence-electron chi connectivity index (χ0n) is 15.8. The van der Waals surface area contributed by atoms with Crippen molar-refractivity contribution in [3.05, 3.63) is 84.3 Å². The summed E-state index contributed by atoms with van der Waals surface area (Å²) in [6.45, 7) is 0. The largest absolute Gasteiger partial charge is 0.457 e. The molecule has 9 heteroatoms. The number of aromatic amines is 1. The summed E-state index contributed by atoms with van der Waals surface area (Å²) in [4.78, 5) is 15.2. The number of alkyl halides is 3. The number of ether oxygens (including phenoxy) is 1. The van der Waals surface area contributed by atoms with Crippen LogP contribution in [0, 0.1) is 5.82 Å². The fourth-order valence-electron chi connectivity index (χ4n) is 2.91.